The van der Waals surface area contributed by atoms with Gasteiger partial charge < -0.3 is 33.8 Å². The van der Waals surface area contributed by atoms with Crippen LogP contribution in [-0.4, -0.2) is 96.7 Å². The molecule has 108 heavy (non-hydrogen) atoms. The van der Waals surface area contributed by atoms with Gasteiger partial charge in [0.05, 0.1) is 26.4 Å². The SMILES string of the molecule is CCCCCCCCCCCCCCCCCCCCCCCCC(=O)O[C@H](COC(=O)CCCCCCCCCCCCCCCCCCC(C)C)COP(=O)(O)OC[C@@H](O)COP(=O)(O)OC[C@@H](COC(=O)CCCCCCCCCCC(C)C)OC(=O)CCCCCCCCCCCCCCCCCC. The average molecular weight is 1580 g/mol. The number of phosphoric acid groups is 2. The van der Waals surface area contributed by atoms with E-state index in [9.17, 15) is 43.2 Å². The average Bonchev–Trinajstić information content (AvgIpc) is 0.899. The number of rotatable bonds is 88. The summed E-state index contributed by atoms with van der Waals surface area (Å²) in [6.45, 7) is 9.69. The van der Waals surface area contributed by atoms with Crippen LogP contribution in [0.2, 0.25) is 0 Å². The van der Waals surface area contributed by atoms with Crippen molar-refractivity contribution < 1.29 is 80.2 Å². The van der Waals surface area contributed by atoms with E-state index < -0.39 is 97.5 Å². The number of hydrogen-bond donors (Lipinski definition) is 3. The van der Waals surface area contributed by atoms with Crippen LogP contribution in [0, 0.1) is 11.8 Å². The zero-order valence-electron chi connectivity index (χ0n) is 71.2. The second kappa shape index (κ2) is 80.3. The number of aliphatic hydroxyl groups is 1. The Morgan fingerprint density at radius 2 is 0.426 bits per heavy atom. The number of hydrogen-bond acceptors (Lipinski definition) is 15. The van der Waals surface area contributed by atoms with Crippen LogP contribution in [0.5, 0.6) is 0 Å². The fourth-order valence-corrected chi connectivity index (χ4v) is 15.5. The van der Waals surface area contributed by atoms with E-state index in [1.807, 2.05) is 0 Å². The van der Waals surface area contributed by atoms with E-state index in [0.717, 1.165) is 102 Å². The molecule has 0 radical (unpaired) electrons. The Kier molecular flexibility index (Phi) is 78.8. The minimum atomic E-state index is -4.97. The van der Waals surface area contributed by atoms with E-state index >= 15 is 0 Å². The molecule has 0 aromatic heterocycles. The van der Waals surface area contributed by atoms with E-state index in [1.54, 1.807) is 0 Å². The molecule has 0 saturated carbocycles. The highest BCUT2D eigenvalue weighted by molar-refractivity contribution is 7.47. The first-order valence-corrected chi connectivity index (χ1v) is 49.0. The third-order valence-corrected chi connectivity index (χ3v) is 22.9. The summed E-state index contributed by atoms with van der Waals surface area (Å²) in [6, 6.07) is 0. The van der Waals surface area contributed by atoms with Gasteiger partial charge in [0.1, 0.15) is 19.3 Å². The maximum Gasteiger partial charge on any atom is 0.472 e. The van der Waals surface area contributed by atoms with Crippen molar-refractivity contribution in [1.29, 1.82) is 0 Å². The Morgan fingerprint density at radius 3 is 0.630 bits per heavy atom. The second-order valence-electron chi connectivity index (χ2n) is 32.9. The van der Waals surface area contributed by atoms with Crippen molar-refractivity contribution in [3.05, 3.63) is 0 Å². The molecule has 0 aliphatic heterocycles. The number of ether oxygens (including phenoxy) is 4. The van der Waals surface area contributed by atoms with Crippen LogP contribution in [-0.2, 0) is 65.4 Å². The minimum absolute atomic E-state index is 0.108. The smallest absolute Gasteiger partial charge is 0.462 e. The molecular weight excluding hydrogens is 1400 g/mol. The highest BCUT2D eigenvalue weighted by Gasteiger charge is 2.31. The molecule has 0 rings (SSSR count). The van der Waals surface area contributed by atoms with Crippen molar-refractivity contribution in [2.75, 3.05) is 39.6 Å². The van der Waals surface area contributed by atoms with E-state index in [1.165, 1.54) is 295 Å². The van der Waals surface area contributed by atoms with E-state index in [-0.39, 0.29) is 25.7 Å². The lowest BCUT2D eigenvalue weighted by atomic mass is 10.0. The second-order valence-corrected chi connectivity index (χ2v) is 35.8. The molecule has 0 spiro atoms. The van der Waals surface area contributed by atoms with Crippen LogP contribution in [0.15, 0.2) is 0 Å². The Labute approximate surface area is 664 Å². The number of esters is 4. The molecule has 0 saturated heterocycles. The lowest BCUT2D eigenvalue weighted by Crippen LogP contribution is -2.30. The van der Waals surface area contributed by atoms with Crippen LogP contribution in [0.1, 0.15) is 478 Å². The van der Waals surface area contributed by atoms with Gasteiger partial charge in [0.2, 0.25) is 0 Å². The van der Waals surface area contributed by atoms with Crippen molar-refractivity contribution in [1.82, 2.24) is 0 Å². The van der Waals surface area contributed by atoms with Crippen molar-refractivity contribution in [3.8, 4) is 0 Å². The van der Waals surface area contributed by atoms with Gasteiger partial charge in [-0.15, -0.1) is 0 Å². The number of carbonyl (C=O) groups excluding carboxylic acids is 4. The molecule has 642 valence electrons. The third-order valence-electron chi connectivity index (χ3n) is 21.0. The zero-order valence-corrected chi connectivity index (χ0v) is 73.0. The molecule has 17 nitrogen and oxygen atoms in total. The molecule has 19 heteroatoms. The summed E-state index contributed by atoms with van der Waals surface area (Å²) in [5, 5.41) is 10.7. The molecule has 0 fully saturated rings. The number of aliphatic hydroxyl groups excluding tert-OH is 1. The van der Waals surface area contributed by atoms with Crippen LogP contribution < -0.4 is 0 Å². The highest BCUT2D eigenvalue weighted by atomic mass is 31.2. The van der Waals surface area contributed by atoms with Gasteiger partial charge >= 0.3 is 39.5 Å². The lowest BCUT2D eigenvalue weighted by Gasteiger charge is -2.21. The van der Waals surface area contributed by atoms with Gasteiger partial charge in [-0.05, 0) is 37.5 Å². The van der Waals surface area contributed by atoms with E-state index in [0.29, 0.717) is 25.7 Å². The topological polar surface area (TPSA) is 237 Å². The number of phosphoric ester groups is 2. The van der Waals surface area contributed by atoms with Crippen LogP contribution >= 0.6 is 15.6 Å². The molecule has 0 heterocycles. The first-order valence-electron chi connectivity index (χ1n) is 46.0. The Balaban J connectivity index is 5.23. The molecule has 0 aliphatic rings. The molecule has 3 N–H and O–H groups in total. The fraction of sp³-hybridized carbons (Fsp3) is 0.955. The Morgan fingerprint density at radius 1 is 0.250 bits per heavy atom. The van der Waals surface area contributed by atoms with Gasteiger partial charge in [-0.25, -0.2) is 9.13 Å². The zero-order chi connectivity index (χ0) is 79.2. The monoisotopic (exact) mass is 1580 g/mol. The summed E-state index contributed by atoms with van der Waals surface area (Å²) in [4.78, 5) is 73.3. The Hall–Kier alpha value is -1.94. The van der Waals surface area contributed by atoms with Crippen molar-refractivity contribution in [2.45, 2.75) is 496 Å². The summed E-state index contributed by atoms with van der Waals surface area (Å²) >= 11 is 0. The molecule has 0 bridgehead atoms. The van der Waals surface area contributed by atoms with Crippen LogP contribution in [0.25, 0.3) is 0 Å². The van der Waals surface area contributed by atoms with Gasteiger partial charge in [-0.2, -0.15) is 0 Å². The summed E-state index contributed by atoms with van der Waals surface area (Å²) in [5.41, 5.74) is 0. The number of unbranched alkanes of at least 4 members (excludes halogenated alkanes) is 58. The maximum absolute atomic E-state index is 13.2. The minimum Gasteiger partial charge on any atom is -0.462 e. The van der Waals surface area contributed by atoms with Crippen LogP contribution in [0.3, 0.4) is 0 Å². The molecular formula is C89H174O17P2. The van der Waals surface area contributed by atoms with Gasteiger partial charge in [-0.3, -0.25) is 37.3 Å². The van der Waals surface area contributed by atoms with E-state index in [2.05, 4.69) is 41.5 Å². The summed E-state index contributed by atoms with van der Waals surface area (Å²) < 4.78 is 69.0. The van der Waals surface area contributed by atoms with Crippen molar-refractivity contribution in [3.63, 3.8) is 0 Å². The molecule has 2 unspecified atom stereocenters. The van der Waals surface area contributed by atoms with Gasteiger partial charge in [-0.1, -0.05) is 427 Å². The maximum atomic E-state index is 13.2. The first kappa shape index (κ1) is 106. The molecule has 0 aromatic carbocycles. The summed E-state index contributed by atoms with van der Waals surface area (Å²) in [6.07, 6.45) is 73.7. The van der Waals surface area contributed by atoms with Gasteiger partial charge in [0.25, 0.3) is 0 Å². The van der Waals surface area contributed by atoms with Gasteiger partial charge in [0.15, 0.2) is 12.2 Å². The standard InChI is InChI=1S/C89H174O17P2/c1-7-9-11-13-15-17-19-21-23-25-26-27-28-29-30-36-40-44-48-56-62-68-74-88(93)105-84(77-99-86(91)71-65-59-53-46-42-38-35-32-31-33-37-41-45-51-57-63-69-81(3)4)79-103-107(95,96)101-75-83(90)76-102-108(97,98)104-80-85(78-100-87(92)72-66-60-54-50-49-52-58-64-70-82(5)6)106-89(94)73-67-61-55-47-43-39-34-24-22-20-18-16-14-12-10-8-2/h81-85,90H,7-80H2,1-6H3,(H,95,96)(H,97,98)/t83-,84-,85-/m1/s1. The third kappa shape index (κ3) is 82.1. The van der Waals surface area contributed by atoms with Crippen molar-refractivity contribution >= 4 is 39.5 Å². The normalized spacial score (nSPS) is 13.8. The van der Waals surface area contributed by atoms with Gasteiger partial charge in [0, 0.05) is 25.7 Å². The van der Waals surface area contributed by atoms with E-state index in [4.69, 9.17) is 37.0 Å². The molecule has 5 atom stereocenters. The predicted octanol–water partition coefficient (Wildman–Crippen LogP) is 27.4. The first-order chi connectivity index (χ1) is 52.4. The van der Waals surface area contributed by atoms with Crippen LogP contribution in [0.4, 0.5) is 0 Å². The number of carbonyl (C=O) groups is 4. The quantitative estimate of drug-likeness (QED) is 0.0222. The van der Waals surface area contributed by atoms with Crippen molar-refractivity contribution in [2.24, 2.45) is 11.8 Å². The largest absolute Gasteiger partial charge is 0.472 e. The molecule has 0 aliphatic carbocycles. The highest BCUT2D eigenvalue weighted by Crippen LogP contribution is 2.45. The Bertz CT molecular complexity index is 2060. The molecule has 0 amide bonds. The summed E-state index contributed by atoms with van der Waals surface area (Å²) in [7, 11) is -9.93. The lowest BCUT2D eigenvalue weighted by molar-refractivity contribution is -0.161. The predicted molar refractivity (Wildman–Crippen MR) is 446 cm³/mol. The summed E-state index contributed by atoms with van der Waals surface area (Å²) in [5.74, 6) is -0.560. The fourth-order valence-electron chi connectivity index (χ4n) is 14.0. The molecule has 0 aromatic rings.